The molecule has 0 unspecified atom stereocenters. The number of hydrogen-bond acceptors (Lipinski definition) is 2. The maximum atomic E-state index is 5.22. The van der Waals surface area contributed by atoms with Crippen molar-refractivity contribution in [2.45, 2.75) is 19.3 Å². The Morgan fingerprint density at radius 3 is 1.45 bits per heavy atom. The van der Waals surface area contributed by atoms with Crippen LogP contribution in [0.1, 0.15) is 25.0 Å². The zero-order chi connectivity index (χ0) is 36.9. The second-order valence-electron chi connectivity index (χ2n) is 15.0. The van der Waals surface area contributed by atoms with Gasteiger partial charge in [0.05, 0.1) is 11.4 Å². The first-order valence-electron chi connectivity index (χ1n) is 19.0. The Hall–Kier alpha value is -6.90. The molecule has 0 aliphatic heterocycles. The fourth-order valence-electron chi connectivity index (χ4n) is 8.36. The Labute approximate surface area is 322 Å². The predicted octanol–water partition coefficient (Wildman–Crippen LogP) is 13.9. The molecular weight excluding hydrogens is 665 g/mol. The minimum atomic E-state index is -0.0892. The van der Waals surface area contributed by atoms with Crippen LogP contribution in [0.5, 0.6) is 0 Å². The SMILES string of the molecule is CC1(C)c2cc3ccccc3cc2-c2c(-c3ccc(-c4cc(-c5cc(-c6ccccc6)cc(-c6ccccc6)c5)nc(-c5ccccc5)n4)cc3)cccc21. The van der Waals surface area contributed by atoms with Gasteiger partial charge in [-0.1, -0.05) is 172 Å². The third kappa shape index (κ3) is 5.84. The summed E-state index contributed by atoms with van der Waals surface area (Å²) >= 11 is 0. The molecule has 0 N–H and O–H groups in total. The first-order chi connectivity index (χ1) is 27.0. The molecule has 0 saturated carbocycles. The highest BCUT2D eigenvalue weighted by Gasteiger charge is 2.37. The van der Waals surface area contributed by atoms with E-state index >= 15 is 0 Å². The maximum Gasteiger partial charge on any atom is 0.160 e. The Morgan fingerprint density at radius 1 is 0.327 bits per heavy atom. The van der Waals surface area contributed by atoms with Gasteiger partial charge in [0.15, 0.2) is 5.82 Å². The van der Waals surface area contributed by atoms with Crippen LogP contribution in [-0.2, 0) is 5.41 Å². The predicted molar refractivity (Wildman–Crippen MR) is 230 cm³/mol. The van der Waals surface area contributed by atoms with Gasteiger partial charge in [0, 0.05) is 22.1 Å². The second-order valence-corrected chi connectivity index (χ2v) is 15.0. The molecule has 0 saturated heterocycles. The Balaban J connectivity index is 1.10. The van der Waals surface area contributed by atoms with E-state index in [2.05, 4.69) is 190 Å². The molecule has 0 atom stereocenters. The topological polar surface area (TPSA) is 25.8 Å². The van der Waals surface area contributed by atoms with Crippen LogP contribution in [0, 0.1) is 0 Å². The summed E-state index contributed by atoms with van der Waals surface area (Å²) in [4.78, 5) is 10.4. The van der Waals surface area contributed by atoms with Crippen LogP contribution in [0.3, 0.4) is 0 Å². The lowest BCUT2D eigenvalue weighted by Gasteiger charge is -2.22. The van der Waals surface area contributed by atoms with Crippen molar-refractivity contribution in [2.24, 2.45) is 0 Å². The van der Waals surface area contributed by atoms with E-state index in [-0.39, 0.29) is 5.41 Å². The molecular formula is C53H38N2. The largest absolute Gasteiger partial charge is 0.228 e. The molecule has 0 bridgehead atoms. The van der Waals surface area contributed by atoms with Gasteiger partial charge >= 0.3 is 0 Å². The number of rotatable bonds is 6. The summed E-state index contributed by atoms with van der Waals surface area (Å²) in [6.07, 6.45) is 0. The maximum absolute atomic E-state index is 5.22. The van der Waals surface area contributed by atoms with Crippen LogP contribution in [0.25, 0.3) is 89.2 Å². The third-order valence-electron chi connectivity index (χ3n) is 11.3. The van der Waals surface area contributed by atoms with Gasteiger partial charge in [0.25, 0.3) is 0 Å². The van der Waals surface area contributed by atoms with Crippen molar-refractivity contribution in [3.63, 3.8) is 0 Å². The smallest absolute Gasteiger partial charge is 0.160 e. The van der Waals surface area contributed by atoms with Crippen molar-refractivity contribution in [3.05, 3.63) is 205 Å². The lowest BCUT2D eigenvalue weighted by Crippen LogP contribution is -2.14. The quantitative estimate of drug-likeness (QED) is 0.172. The molecule has 2 nitrogen and oxygen atoms in total. The van der Waals surface area contributed by atoms with Crippen molar-refractivity contribution < 1.29 is 0 Å². The summed E-state index contributed by atoms with van der Waals surface area (Å²) in [5.41, 5.74) is 17.3. The zero-order valence-corrected chi connectivity index (χ0v) is 30.9. The zero-order valence-electron chi connectivity index (χ0n) is 30.9. The van der Waals surface area contributed by atoms with Crippen molar-refractivity contribution in [3.8, 4) is 78.4 Å². The lowest BCUT2D eigenvalue weighted by molar-refractivity contribution is 0.661. The number of fused-ring (bicyclic) bond motifs is 4. The number of nitrogens with zero attached hydrogens (tertiary/aromatic N) is 2. The summed E-state index contributed by atoms with van der Waals surface area (Å²) < 4.78 is 0. The van der Waals surface area contributed by atoms with Crippen LogP contribution >= 0.6 is 0 Å². The molecule has 9 aromatic rings. The first-order valence-corrected chi connectivity index (χ1v) is 19.0. The molecule has 55 heavy (non-hydrogen) atoms. The van der Waals surface area contributed by atoms with Gasteiger partial charge in [0.2, 0.25) is 0 Å². The fraction of sp³-hybridized carbons (Fsp3) is 0.0566. The monoisotopic (exact) mass is 702 g/mol. The van der Waals surface area contributed by atoms with Gasteiger partial charge in [-0.05, 0) is 103 Å². The normalized spacial score (nSPS) is 12.7. The van der Waals surface area contributed by atoms with Crippen LogP contribution in [0.4, 0.5) is 0 Å². The average molecular weight is 703 g/mol. The van der Waals surface area contributed by atoms with E-state index in [4.69, 9.17) is 9.97 Å². The van der Waals surface area contributed by atoms with Gasteiger partial charge in [-0.3, -0.25) is 0 Å². The van der Waals surface area contributed by atoms with E-state index in [0.29, 0.717) is 5.82 Å². The molecule has 1 heterocycles. The van der Waals surface area contributed by atoms with Crippen molar-refractivity contribution in [1.29, 1.82) is 0 Å². The van der Waals surface area contributed by atoms with Crippen LogP contribution < -0.4 is 0 Å². The number of benzene rings is 8. The first kappa shape index (κ1) is 32.7. The highest BCUT2D eigenvalue weighted by molar-refractivity contribution is 5.98. The molecule has 1 aliphatic carbocycles. The second kappa shape index (κ2) is 13.2. The Kier molecular flexibility index (Phi) is 7.85. The molecule has 1 aromatic heterocycles. The van der Waals surface area contributed by atoms with Crippen LogP contribution in [-0.4, -0.2) is 9.97 Å². The van der Waals surface area contributed by atoms with Gasteiger partial charge in [-0.15, -0.1) is 0 Å². The van der Waals surface area contributed by atoms with Crippen molar-refractivity contribution in [1.82, 2.24) is 9.97 Å². The lowest BCUT2D eigenvalue weighted by atomic mass is 9.81. The average Bonchev–Trinajstić information content (AvgIpc) is 3.48. The Morgan fingerprint density at radius 2 is 0.836 bits per heavy atom. The van der Waals surface area contributed by atoms with E-state index in [9.17, 15) is 0 Å². The molecule has 10 rings (SSSR count). The van der Waals surface area contributed by atoms with Crippen molar-refractivity contribution >= 4 is 10.8 Å². The van der Waals surface area contributed by atoms with Gasteiger partial charge in [0.1, 0.15) is 0 Å². The minimum Gasteiger partial charge on any atom is -0.228 e. The summed E-state index contributed by atoms with van der Waals surface area (Å²) in [5, 5.41) is 2.56. The number of hydrogen-bond donors (Lipinski definition) is 0. The molecule has 0 amide bonds. The van der Waals surface area contributed by atoms with Gasteiger partial charge in [-0.25, -0.2) is 9.97 Å². The van der Waals surface area contributed by atoms with E-state index in [1.54, 1.807) is 0 Å². The van der Waals surface area contributed by atoms with Crippen molar-refractivity contribution in [2.75, 3.05) is 0 Å². The summed E-state index contributed by atoms with van der Waals surface area (Å²) in [6.45, 7) is 4.71. The van der Waals surface area contributed by atoms with Crippen LogP contribution in [0.15, 0.2) is 194 Å². The van der Waals surface area contributed by atoms with Crippen LogP contribution in [0.2, 0.25) is 0 Å². The third-order valence-corrected chi connectivity index (χ3v) is 11.3. The van der Waals surface area contributed by atoms with Gasteiger partial charge < -0.3 is 0 Å². The summed E-state index contributed by atoms with van der Waals surface area (Å²) in [7, 11) is 0. The highest BCUT2D eigenvalue weighted by atomic mass is 14.9. The molecule has 0 spiro atoms. The standard InChI is InChI=1S/C53H38N2/c1-53(2)47-24-14-23-45(51(47)46-32-40-21-12-13-22-41(40)33-48(46)53)37-25-27-38(28-26-37)49-34-50(55-52(54-49)39-19-10-5-11-20-39)44-30-42(35-15-6-3-7-16-35)29-43(31-44)36-17-8-4-9-18-36/h3-34H,1-2H3. The minimum absolute atomic E-state index is 0.0892. The van der Waals surface area contributed by atoms with E-state index in [1.807, 2.05) is 18.2 Å². The molecule has 1 aliphatic rings. The molecule has 0 fully saturated rings. The van der Waals surface area contributed by atoms with E-state index in [0.717, 1.165) is 39.2 Å². The van der Waals surface area contributed by atoms with E-state index < -0.39 is 0 Å². The Bertz CT molecular complexity index is 2800. The van der Waals surface area contributed by atoms with E-state index in [1.165, 1.54) is 55.3 Å². The number of aromatic nitrogens is 2. The summed E-state index contributed by atoms with van der Waals surface area (Å²) in [6, 6.07) is 69.6. The molecule has 8 aromatic carbocycles. The molecule has 260 valence electrons. The molecule has 2 heteroatoms. The highest BCUT2D eigenvalue weighted by Crippen LogP contribution is 2.53. The fourth-order valence-corrected chi connectivity index (χ4v) is 8.36. The molecule has 0 radical (unpaired) electrons. The van der Waals surface area contributed by atoms with Gasteiger partial charge in [-0.2, -0.15) is 0 Å². The summed E-state index contributed by atoms with van der Waals surface area (Å²) in [5.74, 6) is 0.704.